The fraction of sp³-hybridized carbons (Fsp3) is 0.400. The molecule has 0 aliphatic heterocycles. The molecule has 17 heavy (non-hydrogen) atoms. The van der Waals surface area contributed by atoms with E-state index in [-0.39, 0.29) is 0 Å². The zero-order valence-corrected chi connectivity index (χ0v) is 11.7. The smallest absolute Gasteiger partial charge is 0.231 e. The van der Waals surface area contributed by atoms with Crippen LogP contribution in [0.15, 0.2) is 22.9 Å². The van der Waals surface area contributed by atoms with Gasteiger partial charge in [-0.3, -0.25) is 4.21 Å². The molecule has 0 N–H and O–H groups in total. The molecule has 2 aromatic rings. The van der Waals surface area contributed by atoms with E-state index in [1.54, 1.807) is 23.0 Å². The van der Waals surface area contributed by atoms with Crippen LogP contribution in [0, 0.1) is 0 Å². The lowest BCUT2D eigenvalue weighted by molar-refractivity contribution is 0.301. The van der Waals surface area contributed by atoms with Crippen molar-refractivity contribution in [2.24, 2.45) is 0 Å². The predicted octanol–water partition coefficient (Wildman–Crippen LogP) is 1.64. The fourth-order valence-corrected chi connectivity index (χ4v) is 2.23. The topological polar surface area (TPSA) is 56.5 Å². The number of imidazole rings is 1. The first-order chi connectivity index (χ1) is 8.16. The summed E-state index contributed by atoms with van der Waals surface area (Å²) in [5.41, 5.74) is 0.763. The standard InChI is InChI=1S/C10H12BrN3O2S/c1-17(15)6-2-5-16-10-4-3-9-12-7-8(11)14(9)13-10/h3-4,7H,2,5-6H2,1H3. The second-order valence-corrected chi connectivity index (χ2v) is 5.87. The van der Waals surface area contributed by atoms with Crippen LogP contribution in [0.2, 0.25) is 0 Å². The fourth-order valence-electron chi connectivity index (χ4n) is 1.34. The maximum atomic E-state index is 10.9. The number of halogens is 1. The summed E-state index contributed by atoms with van der Waals surface area (Å²) in [4.78, 5) is 4.14. The number of ether oxygens (including phenoxy) is 1. The van der Waals surface area contributed by atoms with Crippen molar-refractivity contribution in [1.82, 2.24) is 14.6 Å². The lowest BCUT2D eigenvalue weighted by Crippen LogP contribution is -2.05. The first kappa shape index (κ1) is 12.5. The number of rotatable bonds is 5. The van der Waals surface area contributed by atoms with Gasteiger partial charge in [-0.2, -0.15) is 0 Å². The molecule has 2 heterocycles. The van der Waals surface area contributed by atoms with Crippen molar-refractivity contribution >= 4 is 32.4 Å². The van der Waals surface area contributed by atoms with Gasteiger partial charge in [0.1, 0.15) is 4.60 Å². The van der Waals surface area contributed by atoms with Crippen molar-refractivity contribution < 1.29 is 8.95 Å². The van der Waals surface area contributed by atoms with Crippen molar-refractivity contribution in [3.05, 3.63) is 22.9 Å². The third kappa shape index (κ3) is 3.26. The number of hydrogen-bond donors (Lipinski definition) is 0. The van der Waals surface area contributed by atoms with Crippen LogP contribution in [0.5, 0.6) is 5.88 Å². The highest BCUT2D eigenvalue weighted by Gasteiger charge is 2.03. The quantitative estimate of drug-likeness (QED) is 0.787. The highest BCUT2D eigenvalue weighted by molar-refractivity contribution is 9.10. The summed E-state index contributed by atoms with van der Waals surface area (Å²) in [6, 6.07) is 3.61. The lowest BCUT2D eigenvalue weighted by atomic mass is 10.5. The normalized spacial score (nSPS) is 12.8. The monoisotopic (exact) mass is 317 g/mol. The number of hydrogen-bond acceptors (Lipinski definition) is 4. The van der Waals surface area contributed by atoms with Gasteiger partial charge in [-0.25, -0.2) is 9.50 Å². The molecular weight excluding hydrogens is 306 g/mol. The highest BCUT2D eigenvalue weighted by atomic mass is 79.9. The molecule has 0 aliphatic rings. The van der Waals surface area contributed by atoms with E-state index in [1.807, 2.05) is 6.07 Å². The molecule has 2 rings (SSSR count). The summed E-state index contributed by atoms with van der Waals surface area (Å²) in [5.74, 6) is 1.19. The average molecular weight is 318 g/mol. The molecule has 0 saturated carbocycles. The Kier molecular flexibility index (Phi) is 4.11. The molecule has 0 radical (unpaired) electrons. The molecule has 1 unspecified atom stereocenters. The second-order valence-electron chi connectivity index (χ2n) is 3.50. The molecule has 0 bridgehead atoms. The minimum atomic E-state index is -0.766. The summed E-state index contributed by atoms with van der Waals surface area (Å²) in [6.07, 6.45) is 4.13. The Morgan fingerprint density at radius 1 is 1.53 bits per heavy atom. The van der Waals surface area contributed by atoms with Gasteiger partial charge in [0.15, 0.2) is 5.65 Å². The molecule has 0 amide bonds. The summed E-state index contributed by atoms with van der Waals surface area (Å²) >= 11 is 3.34. The average Bonchev–Trinajstić information content (AvgIpc) is 2.66. The van der Waals surface area contributed by atoms with E-state index in [0.717, 1.165) is 16.7 Å². The molecule has 1 atom stereocenters. The van der Waals surface area contributed by atoms with Gasteiger partial charge in [0.05, 0.1) is 12.8 Å². The van der Waals surface area contributed by atoms with Crippen molar-refractivity contribution in [3.63, 3.8) is 0 Å². The van der Waals surface area contributed by atoms with Crippen molar-refractivity contribution in [2.45, 2.75) is 6.42 Å². The van der Waals surface area contributed by atoms with Crippen LogP contribution in [0.25, 0.3) is 5.65 Å². The van der Waals surface area contributed by atoms with Gasteiger partial charge < -0.3 is 4.74 Å². The minimum Gasteiger partial charge on any atom is -0.477 e. The van der Waals surface area contributed by atoms with Gasteiger partial charge in [-0.05, 0) is 28.4 Å². The zero-order valence-electron chi connectivity index (χ0n) is 9.30. The van der Waals surface area contributed by atoms with E-state index in [4.69, 9.17) is 4.74 Å². The summed E-state index contributed by atoms with van der Waals surface area (Å²) in [5, 5.41) is 4.26. The molecule has 5 nitrogen and oxygen atoms in total. The van der Waals surface area contributed by atoms with E-state index in [0.29, 0.717) is 18.2 Å². The van der Waals surface area contributed by atoms with Crippen molar-refractivity contribution in [3.8, 4) is 5.88 Å². The van der Waals surface area contributed by atoms with Crippen LogP contribution in [-0.2, 0) is 10.8 Å². The van der Waals surface area contributed by atoms with Crippen molar-refractivity contribution in [2.75, 3.05) is 18.6 Å². The molecule has 92 valence electrons. The Bertz CT molecular complexity index is 543. The zero-order chi connectivity index (χ0) is 12.3. The van der Waals surface area contributed by atoms with E-state index < -0.39 is 10.8 Å². The van der Waals surface area contributed by atoms with Gasteiger partial charge in [0.25, 0.3) is 0 Å². The third-order valence-corrected chi connectivity index (χ3v) is 3.53. The molecule has 0 aliphatic carbocycles. The van der Waals surface area contributed by atoms with E-state index in [1.165, 1.54) is 0 Å². The number of fused-ring (bicyclic) bond motifs is 1. The van der Waals surface area contributed by atoms with Crippen LogP contribution in [0.1, 0.15) is 6.42 Å². The number of aromatic nitrogens is 3. The molecule has 0 spiro atoms. The highest BCUT2D eigenvalue weighted by Crippen LogP contribution is 2.14. The summed E-state index contributed by atoms with van der Waals surface area (Å²) in [7, 11) is -0.766. The molecular formula is C10H12BrN3O2S. The Hall–Kier alpha value is -0.950. The molecule has 7 heteroatoms. The Morgan fingerprint density at radius 3 is 3.12 bits per heavy atom. The maximum Gasteiger partial charge on any atom is 0.231 e. The summed E-state index contributed by atoms with van der Waals surface area (Å²) in [6.45, 7) is 0.518. The Labute approximate surface area is 110 Å². The first-order valence-electron chi connectivity index (χ1n) is 5.10. The van der Waals surface area contributed by atoms with Crippen molar-refractivity contribution in [1.29, 1.82) is 0 Å². The van der Waals surface area contributed by atoms with Crippen LogP contribution in [-0.4, -0.2) is 37.4 Å². The second kappa shape index (κ2) is 5.59. The predicted molar refractivity (Wildman–Crippen MR) is 69.7 cm³/mol. The largest absolute Gasteiger partial charge is 0.477 e. The Morgan fingerprint density at radius 2 is 2.35 bits per heavy atom. The van der Waals surface area contributed by atoms with E-state index >= 15 is 0 Å². The SMILES string of the molecule is CS(=O)CCCOc1ccc2ncc(Br)n2n1. The molecule has 0 fully saturated rings. The van der Waals surface area contributed by atoms with Gasteiger partial charge in [-0.1, -0.05) is 0 Å². The molecule has 0 aromatic carbocycles. The maximum absolute atomic E-state index is 10.9. The minimum absolute atomic E-state index is 0.518. The lowest BCUT2D eigenvalue weighted by Gasteiger charge is -2.04. The third-order valence-electron chi connectivity index (χ3n) is 2.12. The molecule has 2 aromatic heterocycles. The van der Waals surface area contributed by atoms with E-state index in [9.17, 15) is 4.21 Å². The van der Waals surface area contributed by atoms with E-state index in [2.05, 4.69) is 26.0 Å². The molecule has 0 saturated heterocycles. The van der Waals surface area contributed by atoms with Crippen LogP contribution in [0.3, 0.4) is 0 Å². The van der Waals surface area contributed by atoms with Crippen LogP contribution < -0.4 is 4.74 Å². The van der Waals surface area contributed by atoms with Gasteiger partial charge in [0.2, 0.25) is 5.88 Å². The van der Waals surface area contributed by atoms with Crippen LogP contribution in [0.4, 0.5) is 0 Å². The van der Waals surface area contributed by atoms with Gasteiger partial charge >= 0.3 is 0 Å². The number of nitrogens with zero attached hydrogens (tertiary/aromatic N) is 3. The van der Waals surface area contributed by atoms with Crippen LogP contribution >= 0.6 is 15.9 Å². The first-order valence-corrected chi connectivity index (χ1v) is 7.62. The van der Waals surface area contributed by atoms with Gasteiger partial charge in [0, 0.05) is 28.9 Å². The Balaban J connectivity index is 1.99. The summed E-state index contributed by atoms with van der Waals surface area (Å²) < 4.78 is 18.8. The van der Waals surface area contributed by atoms with Gasteiger partial charge in [-0.15, -0.1) is 5.10 Å².